The molecule has 0 saturated heterocycles. The van der Waals surface area contributed by atoms with Gasteiger partial charge in [0.05, 0.1) is 4.92 Å². The Morgan fingerprint density at radius 2 is 2.12 bits per heavy atom. The van der Waals surface area contributed by atoms with E-state index in [4.69, 9.17) is 5.84 Å². The van der Waals surface area contributed by atoms with Gasteiger partial charge in [-0.25, -0.2) is 10.8 Å². The van der Waals surface area contributed by atoms with E-state index in [9.17, 15) is 10.1 Å². The quantitative estimate of drug-likeness (QED) is 0.271. The lowest BCUT2D eigenvalue weighted by Gasteiger charge is -2.08. The molecule has 7 nitrogen and oxygen atoms in total. The van der Waals surface area contributed by atoms with E-state index >= 15 is 0 Å². The van der Waals surface area contributed by atoms with Crippen LogP contribution < -0.4 is 11.3 Å². The molecule has 0 radical (unpaired) electrons. The molecule has 0 fully saturated rings. The molecule has 88 valence electrons. The van der Waals surface area contributed by atoms with Gasteiger partial charge in [-0.2, -0.15) is 4.98 Å². The van der Waals surface area contributed by atoms with Crippen molar-refractivity contribution in [3.05, 3.63) is 15.8 Å². The van der Waals surface area contributed by atoms with Crippen LogP contribution in [0, 0.1) is 17.0 Å². The van der Waals surface area contributed by atoms with Crippen LogP contribution in [0.2, 0.25) is 0 Å². The van der Waals surface area contributed by atoms with Gasteiger partial charge in [0, 0.05) is 5.25 Å². The van der Waals surface area contributed by atoms with Gasteiger partial charge in [-0.05, 0) is 6.92 Å². The molecule has 1 rings (SSSR count). The van der Waals surface area contributed by atoms with E-state index < -0.39 is 4.92 Å². The number of rotatable bonds is 4. The van der Waals surface area contributed by atoms with Gasteiger partial charge >= 0.3 is 5.69 Å². The molecule has 0 aliphatic rings. The van der Waals surface area contributed by atoms with E-state index in [1.807, 2.05) is 13.8 Å². The summed E-state index contributed by atoms with van der Waals surface area (Å²) in [6.45, 7) is 5.42. The molecule has 16 heavy (non-hydrogen) atoms. The highest BCUT2D eigenvalue weighted by Crippen LogP contribution is 2.32. The van der Waals surface area contributed by atoms with E-state index in [-0.39, 0.29) is 16.9 Å². The first-order valence-electron chi connectivity index (χ1n) is 4.62. The fraction of sp³-hybridized carbons (Fsp3) is 0.500. The average molecular weight is 243 g/mol. The Hall–Kier alpha value is -1.41. The van der Waals surface area contributed by atoms with Crippen molar-refractivity contribution in [2.24, 2.45) is 5.84 Å². The molecular weight excluding hydrogens is 230 g/mol. The molecule has 1 aromatic rings. The molecule has 0 aromatic carbocycles. The fourth-order valence-corrected chi connectivity index (χ4v) is 2.04. The molecule has 0 aliphatic carbocycles. The Morgan fingerprint density at radius 1 is 1.50 bits per heavy atom. The summed E-state index contributed by atoms with van der Waals surface area (Å²) >= 11 is 1.31. The minimum atomic E-state index is -0.472. The molecule has 0 amide bonds. The molecule has 0 aliphatic heterocycles. The minimum absolute atomic E-state index is 0.0577. The summed E-state index contributed by atoms with van der Waals surface area (Å²) in [5.41, 5.74) is 2.53. The van der Waals surface area contributed by atoms with Crippen LogP contribution in [0.1, 0.15) is 19.5 Å². The molecular formula is C8H13N5O2S. The molecule has 1 aromatic heterocycles. The van der Waals surface area contributed by atoms with Crippen LogP contribution in [0.5, 0.6) is 0 Å². The second-order valence-electron chi connectivity index (χ2n) is 3.35. The first kappa shape index (κ1) is 12.7. The third-order valence-corrected chi connectivity index (χ3v) is 2.66. The number of nitrogen functional groups attached to an aromatic ring is 1. The number of aryl methyl sites for hydroxylation is 1. The molecule has 0 atom stereocenters. The largest absolute Gasteiger partial charge is 0.322 e. The van der Waals surface area contributed by atoms with Crippen molar-refractivity contribution >= 4 is 23.4 Å². The molecule has 0 saturated carbocycles. The van der Waals surface area contributed by atoms with Gasteiger partial charge in [-0.1, -0.05) is 25.6 Å². The van der Waals surface area contributed by atoms with E-state index in [1.54, 1.807) is 6.92 Å². The third-order valence-electron chi connectivity index (χ3n) is 1.69. The topological polar surface area (TPSA) is 107 Å². The Kier molecular flexibility index (Phi) is 4.02. The first-order valence-corrected chi connectivity index (χ1v) is 5.50. The SMILES string of the molecule is Cc1nc(NN)nc(SC(C)C)c1[N+](=O)[O-]. The number of anilines is 1. The predicted molar refractivity (Wildman–Crippen MR) is 62.2 cm³/mol. The Balaban J connectivity index is 3.28. The number of hydrogen-bond acceptors (Lipinski definition) is 7. The summed E-state index contributed by atoms with van der Waals surface area (Å²) in [5, 5.41) is 11.4. The van der Waals surface area contributed by atoms with E-state index in [0.717, 1.165) is 0 Å². The van der Waals surface area contributed by atoms with Crippen molar-refractivity contribution in [2.45, 2.75) is 31.0 Å². The van der Waals surface area contributed by atoms with Crippen LogP contribution in [-0.2, 0) is 0 Å². The summed E-state index contributed by atoms with van der Waals surface area (Å²) in [5.74, 6) is 5.38. The van der Waals surface area contributed by atoms with Crippen LogP contribution >= 0.6 is 11.8 Å². The van der Waals surface area contributed by atoms with Gasteiger partial charge in [-0.3, -0.25) is 15.5 Å². The molecule has 0 spiro atoms. The minimum Gasteiger partial charge on any atom is -0.292 e. The maximum absolute atomic E-state index is 10.9. The fourth-order valence-electron chi connectivity index (χ4n) is 1.12. The molecule has 3 N–H and O–H groups in total. The summed E-state index contributed by atoms with van der Waals surface area (Å²) in [7, 11) is 0. The van der Waals surface area contributed by atoms with Crippen molar-refractivity contribution in [1.29, 1.82) is 0 Å². The van der Waals surface area contributed by atoms with Crippen LogP contribution in [0.15, 0.2) is 5.03 Å². The summed E-state index contributed by atoms with van der Waals surface area (Å²) in [6, 6.07) is 0. The summed E-state index contributed by atoms with van der Waals surface area (Å²) in [6.07, 6.45) is 0. The van der Waals surface area contributed by atoms with Gasteiger partial charge in [0.25, 0.3) is 0 Å². The first-order chi connectivity index (χ1) is 7.45. The lowest BCUT2D eigenvalue weighted by Crippen LogP contribution is -2.13. The van der Waals surface area contributed by atoms with Gasteiger partial charge in [0.1, 0.15) is 5.69 Å². The highest BCUT2D eigenvalue weighted by molar-refractivity contribution is 7.99. The Labute approximate surface area is 97.0 Å². The zero-order valence-electron chi connectivity index (χ0n) is 9.22. The zero-order chi connectivity index (χ0) is 12.3. The lowest BCUT2D eigenvalue weighted by atomic mass is 10.4. The Bertz CT molecular complexity index is 410. The van der Waals surface area contributed by atoms with Gasteiger partial charge in [0.15, 0.2) is 5.03 Å². The van der Waals surface area contributed by atoms with Gasteiger partial charge < -0.3 is 0 Å². The zero-order valence-corrected chi connectivity index (χ0v) is 10.0. The lowest BCUT2D eigenvalue weighted by molar-refractivity contribution is -0.389. The van der Waals surface area contributed by atoms with Gasteiger partial charge in [-0.15, -0.1) is 0 Å². The third kappa shape index (κ3) is 2.80. The van der Waals surface area contributed by atoms with Crippen molar-refractivity contribution in [1.82, 2.24) is 9.97 Å². The highest BCUT2D eigenvalue weighted by Gasteiger charge is 2.22. The normalized spacial score (nSPS) is 10.6. The van der Waals surface area contributed by atoms with Crippen molar-refractivity contribution in [3.8, 4) is 0 Å². The van der Waals surface area contributed by atoms with E-state index in [0.29, 0.717) is 10.7 Å². The number of nitrogens with one attached hydrogen (secondary N) is 1. The monoisotopic (exact) mass is 243 g/mol. The van der Waals surface area contributed by atoms with Crippen LogP contribution in [0.25, 0.3) is 0 Å². The average Bonchev–Trinajstić information content (AvgIpc) is 2.14. The van der Waals surface area contributed by atoms with Crippen LogP contribution in [-0.4, -0.2) is 20.1 Å². The van der Waals surface area contributed by atoms with Gasteiger partial charge in [0.2, 0.25) is 5.95 Å². The second-order valence-corrected chi connectivity index (χ2v) is 4.92. The number of nitrogens with two attached hydrogens (primary N) is 1. The molecule has 1 heterocycles. The highest BCUT2D eigenvalue weighted by atomic mass is 32.2. The summed E-state index contributed by atoms with van der Waals surface area (Å²) in [4.78, 5) is 18.3. The van der Waals surface area contributed by atoms with Crippen LogP contribution in [0.4, 0.5) is 11.6 Å². The second kappa shape index (κ2) is 5.08. The molecule has 0 unspecified atom stereocenters. The molecule has 8 heteroatoms. The predicted octanol–water partition coefficient (Wildman–Crippen LogP) is 1.48. The number of aromatic nitrogens is 2. The number of nitrogens with zero attached hydrogens (tertiary/aromatic N) is 3. The maximum atomic E-state index is 10.9. The standard InChI is InChI=1S/C8H13N5O2S/c1-4(2)16-7-6(13(14)15)5(3)10-8(11-7)12-9/h4H,9H2,1-3H3,(H,10,11,12). The number of hydrogen-bond donors (Lipinski definition) is 2. The number of hydrazine groups is 1. The number of nitro groups is 1. The molecule has 0 bridgehead atoms. The van der Waals surface area contributed by atoms with Crippen LogP contribution in [0.3, 0.4) is 0 Å². The Morgan fingerprint density at radius 3 is 2.56 bits per heavy atom. The summed E-state index contributed by atoms with van der Waals surface area (Å²) < 4.78 is 0. The number of thioether (sulfide) groups is 1. The van der Waals surface area contributed by atoms with Crippen molar-refractivity contribution < 1.29 is 4.92 Å². The van der Waals surface area contributed by atoms with Crippen molar-refractivity contribution in [2.75, 3.05) is 5.43 Å². The maximum Gasteiger partial charge on any atom is 0.322 e. The van der Waals surface area contributed by atoms with E-state index in [1.165, 1.54) is 11.8 Å². The van der Waals surface area contributed by atoms with Crippen molar-refractivity contribution in [3.63, 3.8) is 0 Å². The van der Waals surface area contributed by atoms with E-state index in [2.05, 4.69) is 15.4 Å². The smallest absolute Gasteiger partial charge is 0.292 e.